The van der Waals surface area contributed by atoms with Crippen molar-refractivity contribution >= 4 is 11.6 Å². The zero-order valence-electron chi connectivity index (χ0n) is 18.8. The number of aromatic nitrogens is 3. The molecule has 0 saturated carbocycles. The molecule has 186 valence electrons. The highest BCUT2D eigenvalue weighted by molar-refractivity contribution is 5.95. The van der Waals surface area contributed by atoms with Gasteiger partial charge in [0.25, 0.3) is 5.91 Å². The van der Waals surface area contributed by atoms with Crippen LogP contribution < -0.4 is 10.1 Å². The normalized spacial score (nSPS) is 24.4. The number of rotatable bonds is 5. The molecule has 35 heavy (non-hydrogen) atoms. The summed E-state index contributed by atoms with van der Waals surface area (Å²) in [5.74, 6) is -6.26. The number of hydrogen-bond donors (Lipinski definition) is 2. The van der Waals surface area contributed by atoms with E-state index < -0.39 is 53.0 Å². The van der Waals surface area contributed by atoms with Crippen LogP contribution in [0.4, 0.5) is 27.6 Å². The Morgan fingerprint density at radius 1 is 1.20 bits per heavy atom. The average Bonchev–Trinajstić information content (AvgIpc) is 3.44. The molecule has 7 nitrogen and oxygen atoms in total. The fraction of sp³-hybridized carbons (Fsp3) is 0.348. The lowest BCUT2D eigenvalue weighted by Gasteiger charge is -2.32. The van der Waals surface area contributed by atoms with Crippen LogP contribution in [0.5, 0.6) is 5.75 Å². The molecule has 1 aliphatic rings. The third-order valence-electron chi connectivity index (χ3n) is 6.34. The molecule has 1 amide bonds. The molecule has 3 heterocycles. The lowest BCUT2D eigenvalue weighted by Crippen LogP contribution is -2.47. The Balaban J connectivity index is 1.69. The Morgan fingerprint density at radius 3 is 2.51 bits per heavy atom. The Morgan fingerprint density at radius 2 is 1.94 bits per heavy atom. The number of imidazole rings is 1. The van der Waals surface area contributed by atoms with Crippen LogP contribution in [-0.2, 0) is 9.53 Å². The first kappa shape index (κ1) is 24.6. The van der Waals surface area contributed by atoms with Crippen molar-refractivity contribution < 1.29 is 36.2 Å². The maximum atomic E-state index is 14.4. The number of ether oxygens (including phenoxy) is 2. The minimum Gasteiger partial charge on any atom is -0.493 e. The van der Waals surface area contributed by atoms with E-state index in [0.29, 0.717) is 11.5 Å². The second-order valence-corrected chi connectivity index (χ2v) is 8.30. The van der Waals surface area contributed by atoms with Gasteiger partial charge in [-0.3, -0.25) is 9.78 Å². The van der Waals surface area contributed by atoms with Crippen molar-refractivity contribution in [3.63, 3.8) is 0 Å². The van der Waals surface area contributed by atoms with Gasteiger partial charge in [-0.25, -0.2) is 9.37 Å². The molecule has 1 aromatic carbocycles. The van der Waals surface area contributed by atoms with Crippen LogP contribution in [0.2, 0.25) is 0 Å². The van der Waals surface area contributed by atoms with E-state index in [9.17, 15) is 26.7 Å². The van der Waals surface area contributed by atoms with Gasteiger partial charge in [-0.2, -0.15) is 17.6 Å². The molecule has 0 bridgehead atoms. The number of carbonyl (C=O) groups is 1. The Hall–Kier alpha value is -3.54. The highest BCUT2D eigenvalue weighted by Crippen LogP contribution is 2.55. The number of aromatic amines is 1. The number of methoxy groups -OCH3 is 1. The lowest BCUT2D eigenvalue weighted by atomic mass is 9.77. The molecular formula is C23H21F5N4O3. The van der Waals surface area contributed by atoms with E-state index in [-0.39, 0.29) is 11.3 Å². The van der Waals surface area contributed by atoms with Gasteiger partial charge < -0.3 is 19.8 Å². The fourth-order valence-electron chi connectivity index (χ4n) is 4.27. The van der Waals surface area contributed by atoms with Crippen molar-refractivity contribution in [3.8, 4) is 17.3 Å². The minimum atomic E-state index is -4.85. The number of H-pyrrole nitrogens is 1. The average molecular weight is 496 g/mol. The number of hydrogen-bond acceptors (Lipinski definition) is 5. The number of carbonyl (C=O) groups excluding carboxylic acids is 1. The first-order valence-corrected chi connectivity index (χ1v) is 10.5. The fourth-order valence-corrected chi connectivity index (χ4v) is 4.27. The number of benzene rings is 1. The number of pyridine rings is 1. The minimum absolute atomic E-state index is 0.113. The van der Waals surface area contributed by atoms with Crippen LogP contribution in [0.3, 0.4) is 0 Å². The molecule has 1 saturated heterocycles. The first-order chi connectivity index (χ1) is 16.5. The molecule has 0 aliphatic carbocycles. The molecule has 2 aromatic heterocycles. The van der Waals surface area contributed by atoms with Crippen LogP contribution >= 0.6 is 0 Å². The number of alkyl halides is 3. The topological polar surface area (TPSA) is 89.1 Å². The standard InChI is InChI=1S/C23H21F5N4O3/c1-11-16(13-5-6-14(24)17(25)18(13)34-3)19(35-22(11,2)23(26,27)28)21(33)32-12-4-7-15(31-10-12)20-29-8-9-30-20/h4-11,16,19H,1-3H3,(H,29,30)(H,32,33)/t11-,16-,19+,22+/m0/s1. The summed E-state index contributed by atoms with van der Waals surface area (Å²) in [6, 6.07) is 4.93. The Kier molecular flexibility index (Phi) is 6.26. The van der Waals surface area contributed by atoms with Crippen LogP contribution in [0.1, 0.15) is 25.3 Å². The molecule has 12 heteroatoms. The summed E-state index contributed by atoms with van der Waals surface area (Å²) in [4.78, 5) is 24.3. The Labute approximate surface area is 196 Å². The first-order valence-electron chi connectivity index (χ1n) is 10.5. The van der Waals surface area contributed by atoms with Gasteiger partial charge >= 0.3 is 6.18 Å². The van der Waals surface area contributed by atoms with Gasteiger partial charge in [0, 0.05) is 29.8 Å². The molecule has 1 aliphatic heterocycles. The number of nitrogens with one attached hydrogen (secondary N) is 2. The number of halogens is 5. The van der Waals surface area contributed by atoms with Gasteiger partial charge in [-0.15, -0.1) is 0 Å². The van der Waals surface area contributed by atoms with Gasteiger partial charge in [0.05, 0.1) is 19.0 Å². The number of nitrogens with zero attached hydrogens (tertiary/aromatic N) is 2. The molecule has 0 spiro atoms. The van der Waals surface area contributed by atoms with Crippen LogP contribution in [0.15, 0.2) is 42.9 Å². The summed E-state index contributed by atoms with van der Waals surface area (Å²) in [5, 5.41) is 2.50. The predicted molar refractivity (Wildman–Crippen MR) is 115 cm³/mol. The quantitative estimate of drug-likeness (QED) is 0.494. The predicted octanol–water partition coefficient (Wildman–Crippen LogP) is 4.84. The van der Waals surface area contributed by atoms with Gasteiger partial charge in [0.2, 0.25) is 5.82 Å². The maximum absolute atomic E-state index is 14.4. The van der Waals surface area contributed by atoms with Crippen LogP contribution in [0.25, 0.3) is 11.5 Å². The van der Waals surface area contributed by atoms with E-state index >= 15 is 0 Å². The van der Waals surface area contributed by atoms with Gasteiger partial charge in [-0.05, 0) is 25.1 Å². The zero-order chi connectivity index (χ0) is 25.5. The monoisotopic (exact) mass is 496 g/mol. The van der Waals surface area contributed by atoms with Crippen molar-refractivity contribution in [2.75, 3.05) is 12.4 Å². The van der Waals surface area contributed by atoms with Crippen molar-refractivity contribution in [1.82, 2.24) is 15.0 Å². The van der Waals surface area contributed by atoms with Crippen LogP contribution in [-0.4, -0.2) is 45.9 Å². The summed E-state index contributed by atoms with van der Waals surface area (Å²) in [7, 11) is 1.06. The highest BCUT2D eigenvalue weighted by atomic mass is 19.4. The largest absolute Gasteiger partial charge is 0.493 e. The van der Waals surface area contributed by atoms with E-state index in [1.165, 1.54) is 25.4 Å². The molecule has 1 fully saturated rings. The summed E-state index contributed by atoms with van der Waals surface area (Å²) in [5.41, 5.74) is -2.18. The van der Waals surface area contributed by atoms with E-state index in [1.807, 2.05) is 0 Å². The lowest BCUT2D eigenvalue weighted by molar-refractivity contribution is -0.272. The van der Waals surface area contributed by atoms with Crippen molar-refractivity contribution in [2.45, 2.75) is 37.6 Å². The molecule has 0 unspecified atom stereocenters. The van der Waals surface area contributed by atoms with Gasteiger partial charge in [-0.1, -0.05) is 13.0 Å². The van der Waals surface area contributed by atoms with E-state index in [2.05, 4.69) is 20.3 Å². The molecule has 3 aromatic rings. The SMILES string of the molecule is COc1c([C@H]2[C@H](C(=O)Nc3ccc(-c4ncc[nH]4)nc3)O[C@@](C)(C(F)(F)F)[C@H]2C)ccc(F)c1F. The van der Waals surface area contributed by atoms with Crippen molar-refractivity contribution in [1.29, 1.82) is 0 Å². The van der Waals surface area contributed by atoms with E-state index in [0.717, 1.165) is 26.2 Å². The third kappa shape index (κ3) is 4.22. The summed E-state index contributed by atoms with van der Waals surface area (Å²) < 4.78 is 80.5. The molecule has 0 radical (unpaired) electrons. The summed E-state index contributed by atoms with van der Waals surface area (Å²) in [6.07, 6.45) is -2.09. The third-order valence-corrected chi connectivity index (χ3v) is 6.34. The molecule has 4 rings (SSSR count). The number of anilines is 1. The van der Waals surface area contributed by atoms with Gasteiger partial charge in [0.15, 0.2) is 23.0 Å². The summed E-state index contributed by atoms with van der Waals surface area (Å²) >= 11 is 0. The molecular weight excluding hydrogens is 475 g/mol. The Bertz CT molecular complexity index is 1220. The summed E-state index contributed by atoms with van der Waals surface area (Å²) in [6.45, 7) is 2.07. The maximum Gasteiger partial charge on any atom is 0.417 e. The highest BCUT2D eigenvalue weighted by Gasteiger charge is 2.65. The second-order valence-electron chi connectivity index (χ2n) is 8.30. The van der Waals surface area contributed by atoms with Crippen LogP contribution in [0, 0.1) is 17.6 Å². The van der Waals surface area contributed by atoms with E-state index in [1.54, 1.807) is 12.3 Å². The van der Waals surface area contributed by atoms with Crippen molar-refractivity contribution in [3.05, 3.63) is 60.1 Å². The second kappa shape index (κ2) is 8.91. The smallest absolute Gasteiger partial charge is 0.417 e. The van der Waals surface area contributed by atoms with Crippen molar-refractivity contribution in [2.24, 2.45) is 5.92 Å². The molecule has 4 atom stereocenters. The van der Waals surface area contributed by atoms with E-state index in [4.69, 9.17) is 9.47 Å². The number of amides is 1. The molecule has 2 N–H and O–H groups in total. The van der Waals surface area contributed by atoms with Gasteiger partial charge in [0.1, 0.15) is 11.8 Å². The zero-order valence-corrected chi connectivity index (χ0v) is 18.8.